The topological polar surface area (TPSA) is 56.1 Å². The molecule has 1 aliphatic rings. The van der Waals surface area contributed by atoms with E-state index in [0.717, 1.165) is 22.6 Å². The van der Waals surface area contributed by atoms with Crippen molar-refractivity contribution in [2.24, 2.45) is 7.05 Å². The Morgan fingerprint density at radius 1 is 1.36 bits per heavy atom. The van der Waals surface area contributed by atoms with Crippen molar-refractivity contribution < 1.29 is 4.74 Å². The summed E-state index contributed by atoms with van der Waals surface area (Å²) in [7, 11) is 1.69. The Labute approximate surface area is 129 Å². The number of ether oxygens (including phenoxy) is 1. The number of rotatable bonds is 6. The summed E-state index contributed by atoms with van der Waals surface area (Å²) in [5, 5.41) is 7.75. The van der Waals surface area contributed by atoms with Crippen LogP contribution in [0.15, 0.2) is 35.1 Å². The highest BCUT2D eigenvalue weighted by atomic mass is 16.5. The Hall–Kier alpha value is -2.14. The van der Waals surface area contributed by atoms with Gasteiger partial charge in [-0.05, 0) is 38.0 Å². The summed E-state index contributed by atoms with van der Waals surface area (Å²) in [6.07, 6.45) is 2.41. The Morgan fingerprint density at radius 3 is 2.91 bits per heavy atom. The molecule has 1 saturated carbocycles. The van der Waals surface area contributed by atoms with Crippen LogP contribution < -0.4 is 15.6 Å². The molecule has 0 radical (unpaired) electrons. The molecular formula is C17H21N3O2. The number of hydrogen-bond donors (Lipinski definition) is 1. The van der Waals surface area contributed by atoms with Crippen molar-refractivity contribution in [3.63, 3.8) is 0 Å². The molecule has 2 aromatic rings. The van der Waals surface area contributed by atoms with Gasteiger partial charge < -0.3 is 10.1 Å². The largest absolute Gasteiger partial charge is 0.494 e. The second-order valence-electron chi connectivity index (χ2n) is 5.60. The van der Waals surface area contributed by atoms with Crippen molar-refractivity contribution in [3.8, 4) is 17.0 Å². The normalized spacial score (nSPS) is 14.1. The summed E-state index contributed by atoms with van der Waals surface area (Å²) >= 11 is 0. The van der Waals surface area contributed by atoms with Gasteiger partial charge in [0.05, 0.1) is 12.3 Å². The van der Waals surface area contributed by atoms with Crippen LogP contribution in [-0.2, 0) is 13.6 Å². The molecule has 1 aromatic heterocycles. The van der Waals surface area contributed by atoms with Gasteiger partial charge in [-0.2, -0.15) is 5.10 Å². The predicted molar refractivity (Wildman–Crippen MR) is 85.9 cm³/mol. The standard InChI is InChI=1S/C17H21N3O2/c1-3-22-15-6-4-5-12(9-15)16-10-13(11-18-14-7-8-14)17(21)20(2)19-16/h4-6,9-10,14,18H,3,7-8,11H2,1-2H3. The zero-order valence-corrected chi connectivity index (χ0v) is 13.0. The first-order valence-electron chi connectivity index (χ1n) is 7.71. The minimum Gasteiger partial charge on any atom is -0.494 e. The number of benzene rings is 1. The van der Waals surface area contributed by atoms with Crippen molar-refractivity contribution in [3.05, 3.63) is 46.2 Å². The van der Waals surface area contributed by atoms with E-state index in [2.05, 4.69) is 10.4 Å². The van der Waals surface area contributed by atoms with Gasteiger partial charge in [-0.3, -0.25) is 4.79 Å². The summed E-state index contributed by atoms with van der Waals surface area (Å²) in [5.74, 6) is 0.813. The molecule has 5 heteroatoms. The zero-order chi connectivity index (χ0) is 15.5. The van der Waals surface area contributed by atoms with Crippen LogP contribution >= 0.6 is 0 Å². The van der Waals surface area contributed by atoms with Crippen molar-refractivity contribution in [2.75, 3.05) is 6.61 Å². The molecule has 0 spiro atoms. The average Bonchev–Trinajstić information content (AvgIpc) is 3.33. The molecule has 22 heavy (non-hydrogen) atoms. The number of aryl methyl sites for hydroxylation is 1. The smallest absolute Gasteiger partial charge is 0.271 e. The first-order valence-corrected chi connectivity index (χ1v) is 7.71. The van der Waals surface area contributed by atoms with Crippen LogP contribution in [0.4, 0.5) is 0 Å². The third kappa shape index (κ3) is 3.36. The molecule has 0 bridgehead atoms. The van der Waals surface area contributed by atoms with Crippen molar-refractivity contribution in [2.45, 2.75) is 32.4 Å². The molecule has 5 nitrogen and oxygen atoms in total. The quantitative estimate of drug-likeness (QED) is 0.887. The van der Waals surface area contributed by atoms with Crippen molar-refractivity contribution >= 4 is 0 Å². The van der Waals surface area contributed by atoms with Crippen molar-refractivity contribution in [1.82, 2.24) is 15.1 Å². The highest BCUT2D eigenvalue weighted by Gasteiger charge is 2.21. The van der Waals surface area contributed by atoms with Gasteiger partial charge in [0.15, 0.2) is 0 Å². The molecule has 0 amide bonds. The Morgan fingerprint density at radius 2 is 2.18 bits per heavy atom. The van der Waals surface area contributed by atoms with Gasteiger partial charge in [-0.25, -0.2) is 4.68 Å². The maximum absolute atomic E-state index is 12.2. The molecule has 1 fully saturated rings. The fourth-order valence-electron chi connectivity index (χ4n) is 2.39. The number of aromatic nitrogens is 2. The lowest BCUT2D eigenvalue weighted by atomic mass is 10.1. The van der Waals surface area contributed by atoms with Crippen LogP contribution in [0.25, 0.3) is 11.3 Å². The van der Waals surface area contributed by atoms with Crippen LogP contribution in [0, 0.1) is 0 Å². The lowest BCUT2D eigenvalue weighted by Crippen LogP contribution is -2.28. The summed E-state index contributed by atoms with van der Waals surface area (Å²) in [4.78, 5) is 12.2. The molecular weight excluding hydrogens is 278 g/mol. The third-order valence-electron chi connectivity index (χ3n) is 3.74. The summed E-state index contributed by atoms with van der Waals surface area (Å²) in [6, 6.07) is 10.2. The molecule has 116 valence electrons. The van der Waals surface area contributed by atoms with Gasteiger partial charge in [0.2, 0.25) is 0 Å². The van der Waals surface area contributed by atoms with E-state index in [1.54, 1.807) is 7.05 Å². The molecule has 3 rings (SSSR count). The maximum atomic E-state index is 12.2. The predicted octanol–water partition coefficient (Wildman–Crippen LogP) is 2.10. The van der Waals surface area contributed by atoms with Gasteiger partial charge in [0.1, 0.15) is 5.75 Å². The van der Waals surface area contributed by atoms with Gasteiger partial charge in [-0.1, -0.05) is 12.1 Å². The summed E-state index contributed by atoms with van der Waals surface area (Å²) < 4.78 is 6.94. The first-order chi connectivity index (χ1) is 10.7. The molecule has 0 aliphatic heterocycles. The minimum atomic E-state index is -0.0436. The van der Waals surface area contributed by atoms with E-state index in [1.165, 1.54) is 17.5 Å². The molecule has 1 N–H and O–H groups in total. The van der Waals surface area contributed by atoms with E-state index in [0.29, 0.717) is 19.2 Å². The molecule has 0 unspecified atom stereocenters. The highest BCUT2D eigenvalue weighted by molar-refractivity contribution is 5.61. The lowest BCUT2D eigenvalue weighted by Gasteiger charge is -2.09. The van der Waals surface area contributed by atoms with Gasteiger partial charge >= 0.3 is 0 Å². The van der Waals surface area contributed by atoms with E-state index >= 15 is 0 Å². The fourth-order valence-corrected chi connectivity index (χ4v) is 2.39. The summed E-state index contributed by atoms with van der Waals surface area (Å²) in [6.45, 7) is 3.18. The molecule has 0 saturated heterocycles. The lowest BCUT2D eigenvalue weighted by molar-refractivity contribution is 0.340. The minimum absolute atomic E-state index is 0.0436. The second kappa shape index (κ2) is 6.32. The third-order valence-corrected chi connectivity index (χ3v) is 3.74. The maximum Gasteiger partial charge on any atom is 0.271 e. The van der Waals surface area contributed by atoms with E-state index in [4.69, 9.17) is 4.74 Å². The van der Waals surface area contributed by atoms with E-state index in [1.807, 2.05) is 37.3 Å². The van der Waals surface area contributed by atoms with Crippen LogP contribution in [-0.4, -0.2) is 22.4 Å². The Kier molecular flexibility index (Phi) is 4.24. The van der Waals surface area contributed by atoms with E-state index in [9.17, 15) is 4.79 Å². The zero-order valence-electron chi connectivity index (χ0n) is 13.0. The Bertz CT molecular complexity index is 720. The molecule has 1 aromatic carbocycles. The van der Waals surface area contributed by atoms with Crippen LogP contribution in [0.2, 0.25) is 0 Å². The first kappa shape index (κ1) is 14.8. The number of nitrogens with zero attached hydrogens (tertiary/aromatic N) is 2. The van der Waals surface area contributed by atoms with Gasteiger partial charge in [0, 0.05) is 30.8 Å². The van der Waals surface area contributed by atoms with Crippen molar-refractivity contribution in [1.29, 1.82) is 0 Å². The van der Waals surface area contributed by atoms with Crippen LogP contribution in [0.3, 0.4) is 0 Å². The number of hydrogen-bond acceptors (Lipinski definition) is 4. The highest BCUT2D eigenvalue weighted by Crippen LogP contribution is 2.23. The Balaban J connectivity index is 1.92. The summed E-state index contributed by atoms with van der Waals surface area (Å²) in [5.41, 5.74) is 2.45. The second-order valence-corrected chi connectivity index (χ2v) is 5.60. The molecule has 1 heterocycles. The van der Waals surface area contributed by atoms with Gasteiger partial charge in [0.25, 0.3) is 5.56 Å². The number of nitrogens with one attached hydrogen (secondary N) is 1. The monoisotopic (exact) mass is 299 g/mol. The SMILES string of the molecule is CCOc1cccc(-c2cc(CNC3CC3)c(=O)n(C)n2)c1. The molecule has 1 aliphatic carbocycles. The van der Waals surface area contributed by atoms with Gasteiger partial charge in [-0.15, -0.1) is 0 Å². The van der Waals surface area contributed by atoms with Crippen LogP contribution in [0.5, 0.6) is 5.75 Å². The van der Waals surface area contributed by atoms with E-state index in [-0.39, 0.29) is 5.56 Å². The van der Waals surface area contributed by atoms with Crippen LogP contribution in [0.1, 0.15) is 25.3 Å². The average molecular weight is 299 g/mol. The molecule has 0 atom stereocenters. The fraction of sp³-hybridized carbons (Fsp3) is 0.412. The van der Waals surface area contributed by atoms with E-state index < -0.39 is 0 Å².